The highest BCUT2D eigenvalue weighted by Gasteiger charge is 2.56. The molecule has 0 aromatic heterocycles. The topological polar surface area (TPSA) is 111 Å². The van der Waals surface area contributed by atoms with Gasteiger partial charge in [0, 0.05) is 32.2 Å². The smallest absolute Gasteiger partial charge is 0.405 e. The van der Waals surface area contributed by atoms with Gasteiger partial charge >= 0.3 is 21.4 Å². The van der Waals surface area contributed by atoms with Crippen molar-refractivity contribution >= 4 is 37.7 Å². The van der Waals surface area contributed by atoms with Crippen LogP contribution in [0.1, 0.15) is 112 Å². The molecule has 6 aliphatic rings. The van der Waals surface area contributed by atoms with E-state index in [2.05, 4.69) is 19.1 Å². The first-order chi connectivity index (χ1) is 34.0. The largest absolute Gasteiger partial charge is 0.495 e. The number of halogens is 3. The van der Waals surface area contributed by atoms with E-state index in [-0.39, 0.29) is 55.7 Å². The number of hydrogen-bond acceptors (Lipinski definition) is 12. The summed E-state index contributed by atoms with van der Waals surface area (Å²) in [7, 11) is -1.99. The Labute approximate surface area is 409 Å². The Kier molecular flexibility index (Phi) is 15.9. The van der Waals surface area contributed by atoms with Gasteiger partial charge in [-0.3, -0.25) is 0 Å². The Morgan fingerprint density at radius 3 is 1.83 bits per heavy atom. The molecule has 7 unspecified atom stereocenters. The van der Waals surface area contributed by atoms with Gasteiger partial charge in [0.05, 0.1) is 56.9 Å². The fourth-order valence-electron chi connectivity index (χ4n) is 10.5. The van der Waals surface area contributed by atoms with Crippen LogP contribution < -0.4 is 16.4 Å². The van der Waals surface area contributed by atoms with Crippen LogP contribution in [-0.2, 0) is 76.2 Å². The van der Waals surface area contributed by atoms with E-state index in [0.29, 0.717) is 74.6 Å². The van der Waals surface area contributed by atoms with Crippen molar-refractivity contribution in [2.45, 2.75) is 134 Å². The van der Waals surface area contributed by atoms with Gasteiger partial charge in [0.2, 0.25) is 0 Å². The third-order valence-electron chi connectivity index (χ3n) is 14.9. The summed E-state index contributed by atoms with van der Waals surface area (Å²) in [5, 5.41) is 0. The van der Waals surface area contributed by atoms with Crippen molar-refractivity contribution in [1.82, 2.24) is 0 Å². The molecule has 6 fully saturated rings. The summed E-state index contributed by atoms with van der Waals surface area (Å²) >= 11 is 0. The maximum atomic E-state index is 14.9. The van der Waals surface area contributed by atoms with E-state index in [4.69, 9.17) is 56.3 Å². The van der Waals surface area contributed by atoms with Crippen LogP contribution in [0, 0.1) is 23.4 Å². The fraction of sp³-hybridized carbons (Fsp3) is 0.538. The Balaban J connectivity index is 0.736. The van der Waals surface area contributed by atoms with E-state index in [9.17, 15) is 13.2 Å². The minimum Gasteiger partial charge on any atom is -0.405 e. The maximum absolute atomic E-state index is 14.9. The van der Waals surface area contributed by atoms with Gasteiger partial charge < -0.3 is 56.3 Å². The monoisotopic (exact) mass is 968 g/mol. The molecule has 18 heteroatoms. The van der Waals surface area contributed by atoms with Crippen molar-refractivity contribution < 1.29 is 69.5 Å². The second-order valence-electron chi connectivity index (χ2n) is 20.0. The molecule has 12 nitrogen and oxygen atoms in total. The molecule has 0 spiro atoms. The molecule has 4 aromatic rings. The van der Waals surface area contributed by atoms with E-state index >= 15 is 0 Å². The molecule has 4 aromatic carbocycles. The molecule has 0 amide bonds. The van der Waals surface area contributed by atoms with E-state index in [0.717, 1.165) is 60.6 Å². The average Bonchev–Trinajstić information content (AvgIpc) is 4.13. The summed E-state index contributed by atoms with van der Waals surface area (Å²) in [5.41, 5.74) is 4.76. The van der Waals surface area contributed by atoms with Crippen molar-refractivity contribution in [3.8, 4) is 0 Å². The minimum atomic E-state index is -0.732. The zero-order valence-electron chi connectivity index (χ0n) is 40.3. The highest BCUT2D eigenvalue weighted by molar-refractivity contribution is 6.63. The number of hydrogen-bond donors (Lipinski definition) is 0. The van der Waals surface area contributed by atoms with E-state index in [1.807, 2.05) is 26.0 Å². The van der Waals surface area contributed by atoms with Gasteiger partial charge in [0.1, 0.15) is 17.5 Å². The first kappa shape index (κ1) is 49.9. The summed E-state index contributed by atoms with van der Waals surface area (Å²) in [4.78, 5) is 0. The third kappa shape index (κ3) is 11.6. The van der Waals surface area contributed by atoms with Crippen LogP contribution in [0.15, 0.2) is 78.9 Å². The lowest BCUT2D eigenvalue weighted by molar-refractivity contribution is -0.185. The molecular weight excluding hydrogens is 906 g/mol. The maximum Gasteiger partial charge on any atom is 0.495 e. The summed E-state index contributed by atoms with van der Waals surface area (Å²) in [6.07, 6.45) is 4.98. The van der Waals surface area contributed by atoms with E-state index in [1.165, 1.54) is 36.4 Å². The molecule has 10 rings (SSSR count). The highest BCUT2D eigenvalue weighted by Crippen LogP contribution is 2.44. The predicted octanol–water partition coefficient (Wildman–Crippen LogP) is 7.45. The Morgan fingerprint density at radius 1 is 0.557 bits per heavy atom. The molecule has 6 heterocycles. The lowest BCUT2D eigenvalue weighted by atomic mass is 9.75. The summed E-state index contributed by atoms with van der Waals surface area (Å²) < 4.78 is 118. The molecule has 0 radical (unpaired) electrons. The van der Waals surface area contributed by atoms with Gasteiger partial charge in [-0.2, -0.15) is 0 Å². The van der Waals surface area contributed by atoms with Crippen molar-refractivity contribution in [1.29, 1.82) is 0 Å². The van der Waals surface area contributed by atoms with Crippen LogP contribution in [-0.4, -0.2) is 91.1 Å². The Morgan fingerprint density at radius 2 is 1.16 bits per heavy atom. The zero-order chi connectivity index (χ0) is 48.2. The van der Waals surface area contributed by atoms with Crippen LogP contribution in [0.5, 0.6) is 0 Å². The lowest BCUT2D eigenvalue weighted by Gasteiger charge is -2.41. The molecule has 0 saturated carbocycles. The van der Waals surface area contributed by atoms with Gasteiger partial charge in [-0.1, -0.05) is 42.5 Å². The molecular formula is C52H62B3F3O12. The molecule has 6 aliphatic heterocycles. The normalized spacial score (nSPS) is 28.2. The first-order valence-electron chi connectivity index (χ1n) is 25.0. The van der Waals surface area contributed by atoms with Crippen LogP contribution in [0.4, 0.5) is 13.2 Å². The van der Waals surface area contributed by atoms with Crippen molar-refractivity contribution in [3.63, 3.8) is 0 Å². The van der Waals surface area contributed by atoms with Crippen molar-refractivity contribution in [3.05, 3.63) is 124 Å². The molecule has 70 heavy (non-hydrogen) atoms. The molecule has 0 aliphatic carbocycles. The van der Waals surface area contributed by atoms with E-state index < -0.39 is 51.0 Å². The van der Waals surface area contributed by atoms with Gasteiger partial charge in [-0.25, -0.2) is 13.2 Å². The van der Waals surface area contributed by atoms with Gasteiger partial charge in [0.25, 0.3) is 0 Å². The number of benzene rings is 4. The molecule has 372 valence electrons. The number of rotatable bonds is 16. The SMILES string of the molecule is CC1(C)OB(c2ccc(F)cc2COC2CCCCO2)OC1(C)CC1CCOC(OCc2cc(F)ccc2B2OCC(c3ccc(C4CCCOC4OCc4cc(F)ccc4B4OCCO4)cc3)O2)C1. The van der Waals surface area contributed by atoms with Crippen molar-refractivity contribution in [2.75, 3.05) is 39.6 Å². The number of ether oxygens (including phenoxy) is 6. The van der Waals surface area contributed by atoms with Crippen LogP contribution in [0.25, 0.3) is 0 Å². The molecule has 0 bridgehead atoms. The predicted molar refractivity (Wildman–Crippen MR) is 255 cm³/mol. The zero-order valence-corrected chi connectivity index (χ0v) is 40.3. The van der Waals surface area contributed by atoms with Crippen LogP contribution >= 0.6 is 0 Å². The summed E-state index contributed by atoms with van der Waals surface area (Å²) in [5.74, 6) is -0.949. The summed E-state index contributed by atoms with van der Waals surface area (Å²) in [6, 6.07) is 22.0. The minimum absolute atomic E-state index is 0.0288. The second-order valence-corrected chi connectivity index (χ2v) is 20.0. The highest BCUT2D eigenvalue weighted by atomic mass is 19.1. The molecule has 6 saturated heterocycles. The quantitative estimate of drug-likeness (QED) is 0.104. The van der Waals surface area contributed by atoms with Gasteiger partial charge in [0.15, 0.2) is 18.9 Å². The summed E-state index contributed by atoms with van der Waals surface area (Å²) in [6.45, 7) is 9.56. The molecule has 0 N–H and O–H groups in total. The van der Waals surface area contributed by atoms with E-state index in [1.54, 1.807) is 18.2 Å². The third-order valence-corrected chi connectivity index (χ3v) is 14.9. The lowest BCUT2D eigenvalue weighted by Crippen LogP contribution is -2.47. The molecule has 7 atom stereocenters. The Bertz CT molecular complexity index is 2390. The van der Waals surface area contributed by atoms with Crippen molar-refractivity contribution in [2.24, 2.45) is 5.92 Å². The second kappa shape index (κ2) is 22.2. The van der Waals surface area contributed by atoms with Crippen LogP contribution in [0.2, 0.25) is 0 Å². The standard InChI is InChI=1S/C52H62B3F3O12/c1-51(2)52(3,70-55(69-51)46-18-15-42(58)27-38(46)30-62-48-8-4-5-20-59-48)29-34-19-22-60-49(25-34)63-31-37-26-41(57)14-17-45(37)54-67-33-47(68-54)36-11-9-35(10-12-36)43-7-6-21-61-50(43)64-32-39-28-40(56)13-16-44(39)53-65-23-24-66-53/h9-18,26-28,34,43,47-50H,4-8,19-25,29-33H2,1-3H3. The fourth-order valence-corrected chi connectivity index (χ4v) is 10.5. The van der Waals surface area contributed by atoms with Gasteiger partial charge in [-0.05, 0) is 152 Å². The average molecular weight is 968 g/mol. The van der Waals surface area contributed by atoms with Gasteiger partial charge in [-0.15, -0.1) is 0 Å². The first-order valence-corrected chi connectivity index (χ1v) is 25.0. The van der Waals surface area contributed by atoms with Crippen LogP contribution in [0.3, 0.4) is 0 Å². The Hall–Kier alpha value is -3.62.